The van der Waals surface area contributed by atoms with Crippen LogP contribution < -0.4 is 10.0 Å². The first kappa shape index (κ1) is 24.2. The Morgan fingerprint density at radius 2 is 1.63 bits per heavy atom. The van der Waals surface area contributed by atoms with E-state index in [1.165, 1.54) is 6.07 Å². The summed E-state index contributed by atoms with van der Waals surface area (Å²) in [6.45, 7) is 7.43. The molecule has 0 bridgehead atoms. The van der Waals surface area contributed by atoms with Crippen LogP contribution in [0.4, 0.5) is 11.4 Å². The van der Waals surface area contributed by atoms with Crippen LogP contribution in [0.1, 0.15) is 28.1 Å². The Bertz CT molecular complexity index is 1490. The lowest BCUT2D eigenvalue weighted by molar-refractivity contribution is -0.115. The Morgan fingerprint density at radius 1 is 0.886 bits per heavy atom. The summed E-state index contributed by atoms with van der Waals surface area (Å²) in [6, 6.07) is 21.8. The average molecular weight is 489 g/mol. The molecule has 1 amide bonds. The van der Waals surface area contributed by atoms with Gasteiger partial charge in [-0.1, -0.05) is 36.4 Å². The van der Waals surface area contributed by atoms with Crippen LogP contribution in [0.5, 0.6) is 0 Å². The molecule has 180 valence electrons. The Morgan fingerprint density at radius 3 is 2.34 bits per heavy atom. The van der Waals surface area contributed by atoms with Gasteiger partial charge >= 0.3 is 0 Å². The van der Waals surface area contributed by atoms with Gasteiger partial charge in [-0.2, -0.15) is 5.10 Å². The zero-order chi connectivity index (χ0) is 25.2. The van der Waals surface area contributed by atoms with Crippen molar-refractivity contribution in [3.8, 4) is 5.69 Å². The number of nitrogens with zero attached hydrogens (tertiary/aromatic N) is 2. The van der Waals surface area contributed by atoms with Gasteiger partial charge in [0.2, 0.25) is 5.91 Å². The first-order chi connectivity index (χ1) is 16.6. The van der Waals surface area contributed by atoms with E-state index >= 15 is 0 Å². The summed E-state index contributed by atoms with van der Waals surface area (Å²) in [4.78, 5) is 13.0. The van der Waals surface area contributed by atoms with Crippen LogP contribution in [-0.2, 0) is 21.2 Å². The van der Waals surface area contributed by atoms with Gasteiger partial charge in [0.15, 0.2) is 0 Å². The topological polar surface area (TPSA) is 93.1 Å². The molecule has 0 atom stereocenters. The summed E-state index contributed by atoms with van der Waals surface area (Å²) >= 11 is 0. The normalized spacial score (nSPS) is 11.3. The van der Waals surface area contributed by atoms with Gasteiger partial charge in [-0.3, -0.25) is 9.52 Å². The highest BCUT2D eigenvalue weighted by atomic mass is 32.2. The van der Waals surface area contributed by atoms with Gasteiger partial charge in [-0.15, -0.1) is 0 Å². The van der Waals surface area contributed by atoms with Gasteiger partial charge in [-0.05, 0) is 75.2 Å². The van der Waals surface area contributed by atoms with E-state index in [-0.39, 0.29) is 17.2 Å². The van der Waals surface area contributed by atoms with Gasteiger partial charge in [0.1, 0.15) is 0 Å². The van der Waals surface area contributed by atoms with Crippen molar-refractivity contribution in [1.82, 2.24) is 9.78 Å². The highest BCUT2D eigenvalue weighted by molar-refractivity contribution is 7.92. The number of nitrogens with one attached hydrogen (secondary N) is 2. The Balaban J connectivity index is 1.53. The summed E-state index contributed by atoms with van der Waals surface area (Å²) in [7, 11) is -3.83. The van der Waals surface area contributed by atoms with Crippen LogP contribution in [0.3, 0.4) is 0 Å². The molecule has 1 heterocycles. The molecule has 4 rings (SSSR count). The van der Waals surface area contributed by atoms with Gasteiger partial charge in [0.05, 0.1) is 22.7 Å². The molecular formula is C27H28N4O3S. The highest BCUT2D eigenvalue weighted by Crippen LogP contribution is 2.24. The van der Waals surface area contributed by atoms with Crippen LogP contribution in [0.2, 0.25) is 0 Å². The summed E-state index contributed by atoms with van der Waals surface area (Å²) in [5, 5.41) is 7.43. The lowest BCUT2D eigenvalue weighted by Crippen LogP contribution is -2.17. The van der Waals surface area contributed by atoms with E-state index in [1.807, 2.05) is 61.9 Å². The molecule has 0 spiro atoms. The molecule has 0 saturated carbocycles. The number of aromatic nitrogens is 2. The standard InChI is InChI=1S/C27H28N4O3S/c1-18-9-8-10-23(15-18)30-35(33,34)26-16-22(14-13-19(26)2)28-27(32)17-25-20(3)29-31(21(25)4)24-11-6-5-7-12-24/h5-16,30H,17H2,1-4H3,(H,28,32). The van der Waals surface area contributed by atoms with Gasteiger partial charge < -0.3 is 5.32 Å². The van der Waals surface area contributed by atoms with Crippen molar-refractivity contribution in [3.05, 3.63) is 101 Å². The van der Waals surface area contributed by atoms with E-state index in [1.54, 1.807) is 37.3 Å². The fourth-order valence-corrected chi connectivity index (χ4v) is 5.32. The number of sulfonamides is 1. The molecule has 0 unspecified atom stereocenters. The molecule has 0 aliphatic carbocycles. The third kappa shape index (κ3) is 5.44. The molecule has 0 radical (unpaired) electrons. The minimum atomic E-state index is -3.83. The molecule has 0 aliphatic rings. The molecule has 8 heteroatoms. The minimum absolute atomic E-state index is 0.112. The number of anilines is 2. The number of para-hydroxylation sites is 1. The molecular weight excluding hydrogens is 460 g/mol. The van der Waals surface area contributed by atoms with Crippen molar-refractivity contribution in [2.75, 3.05) is 10.0 Å². The molecule has 0 saturated heterocycles. The van der Waals surface area contributed by atoms with Crippen LogP contribution in [0.25, 0.3) is 5.69 Å². The first-order valence-corrected chi connectivity index (χ1v) is 12.7. The van der Waals surface area contributed by atoms with Crippen molar-refractivity contribution in [3.63, 3.8) is 0 Å². The second-order valence-electron chi connectivity index (χ2n) is 8.58. The second kappa shape index (κ2) is 9.76. The lowest BCUT2D eigenvalue weighted by atomic mass is 10.1. The summed E-state index contributed by atoms with van der Waals surface area (Å²) in [5.41, 5.74) is 5.86. The van der Waals surface area contributed by atoms with E-state index < -0.39 is 10.0 Å². The molecule has 7 nitrogen and oxygen atoms in total. The number of carbonyl (C=O) groups excluding carboxylic acids is 1. The minimum Gasteiger partial charge on any atom is -0.326 e. The summed E-state index contributed by atoms with van der Waals surface area (Å²) in [5.74, 6) is -0.248. The lowest BCUT2D eigenvalue weighted by Gasteiger charge is -2.13. The molecule has 3 aromatic carbocycles. The Hall–Kier alpha value is -3.91. The van der Waals surface area contributed by atoms with Gasteiger partial charge in [0, 0.05) is 22.6 Å². The third-order valence-electron chi connectivity index (χ3n) is 5.81. The molecule has 35 heavy (non-hydrogen) atoms. The summed E-state index contributed by atoms with van der Waals surface area (Å²) in [6.07, 6.45) is 0.127. The maximum Gasteiger partial charge on any atom is 0.262 e. The van der Waals surface area contributed by atoms with Crippen molar-refractivity contribution in [2.45, 2.75) is 39.0 Å². The van der Waals surface area contributed by atoms with Crippen LogP contribution in [-0.4, -0.2) is 24.1 Å². The number of carbonyl (C=O) groups is 1. The predicted molar refractivity (Wildman–Crippen MR) is 139 cm³/mol. The van der Waals surface area contributed by atoms with Crippen LogP contribution in [0, 0.1) is 27.7 Å². The van der Waals surface area contributed by atoms with E-state index in [9.17, 15) is 13.2 Å². The quantitative estimate of drug-likeness (QED) is 0.379. The molecule has 4 aromatic rings. The number of rotatable bonds is 7. The number of hydrogen-bond donors (Lipinski definition) is 2. The fraction of sp³-hybridized carbons (Fsp3) is 0.185. The zero-order valence-corrected chi connectivity index (χ0v) is 21.0. The van der Waals surface area contributed by atoms with Crippen molar-refractivity contribution in [1.29, 1.82) is 0 Å². The predicted octanol–water partition coefficient (Wildman–Crippen LogP) is 5.09. The number of benzene rings is 3. The van der Waals surface area contributed by atoms with E-state index in [2.05, 4.69) is 15.1 Å². The highest BCUT2D eigenvalue weighted by Gasteiger charge is 2.20. The second-order valence-corrected chi connectivity index (χ2v) is 10.2. The smallest absolute Gasteiger partial charge is 0.262 e. The first-order valence-electron chi connectivity index (χ1n) is 11.2. The Kier molecular flexibility index (Phi) is 6.75. The summed E-state index contributed by atoms with van der Waals surface area (Å²) < 4.78 is 30.6. The van der Waals surface area contributed by atoms with E-state index in [0.717, 1.165) is 28.2 Å². The average Bonchev–Trinajstić information content (AvgIpc) is 3.09. The maximum atomic E-state index is 13.1. The molecule has 2 N–H and O–H groups in total. The Labute approximate surface area is 205 Å². The largest absolute Gasteiger partial charge is 0.326 e. The zero-order valence-electron chi connectivity index (χ0n) is 20.2. The van der Waals surface area contributed by atoms with Crippen molar-refractivity contribution in [2.24, 2.45) is 0 Å². The van der Waals surface area contributed by atoms with E-state index in [0.29, 0.717) is 16.9 Å². The monoisotopic (exact) mass is 488 g/mol. The van der Waals surface area contributed by atoms with Crippen LogP contribution >= 0.6 is 0 Å². The van der Waals surface area contributed by atoms with Gasteiger partial charge in [0.25, 0.3) is 10.0 Å². The molecule has 1 aromatic heterocycles. The maximum absolute atomic E-state index is 13.1. The van der Waals surface area contributed by atoms with Crippen molar-refractivity contribution < 1.29 is 13.2 Å². The number of hydrogen-bond acceptors (Lipinski definition) is 4. The number of amides is 1. The number of aryl methyl sites for hydroxylation is 3. The van der Waals surface area contributed by atoms with E-state index in [4.69, 9.17) is 0 Å². The molecule has 0 fully saturated rings. The third-order valence-corrected chi connectivity index (χ3v) is 7.33. The fourth-order valence-electron chi connectivity index (χ4n) is 4.00. The SMILES string of the molecule is Cc1cccc(NS(=O)(=O)c2cc(NC(=O)Cc3c(C)nn(-c4ccccc4)c3C)ccc2C)c1. The van der Waals surface area contributed by atoms with Gasteiger partial charge in [-0.25, -0.2) is 13.1 Å². The van der Waals surface area contributed by atoms with Crippen LogP contribution in [0.15, 0.2) is 77.7 Å². The molecule has 0 aliphatic heterocycles. The van der Waals surface area contributed by atoms with Crippen molar-refractivity contribution >= 4 is 27.3 Å².